The molecule has 0 radical (unpaired) electrons. The Morgan fingerprint density at radius 2 is 2.29 bits per heavy atom. The van der Waals surface area contributed by atoms with Crippen LogP contribution in [0.15, 0.2) is 6.07 Å². The molecule has 0 aliphatic carbocycles. The molecule has 0 unspecified atom stereocenters. The van der Waals surface area contributed by atoms with Crippen molar-refractivity contribution in [3.8, 4) is 0 Å². The molecule has 7 heteroatoms. The van der Waals surface area contributed by atoms with Crippen molar-refractivity contribution in [2.45, 2.75) is 6.92 Å². The Morgan fingerprint density at radius 1 is 1.59 bits per heavy atom. The molecule has 7 nitrogen and oxygen atoms in total. The summed E-state index contributed by atoms with van der Waals surface area (Å²) in [6.07, 6.45) is 0. The van der Waals surface area contributed by atoms with Gasteiger partial charge < -0.3 is 15.2 Å². The van der Waals surface area contributed by atoms with Gasteiger partial charge in [-0.25, -0.2) is 4.79 Å². The van der Waals surface area contributed by atoms with Gasteiger partial charge in [-0.2, -0.15) is 5.10 Å². The number of nitrogens with zero attached hydrogens (tertiary/aromatic N) is 2. The van der Waals surface area contributed by atoms with Crippen molar-refractivity contribution >= 4 is 11.9 Å². The van der Waals surface area contributed by atoms with Crippen molar-refractivity contribution < 1.29 is 19.4 Å². The Labute approximate surface area is 98.4 Å². The highest BCUT2D eigenvalue weighted by Crippen LogP contribution is 2.00. The van der Waals surface area contributed by atoms with Gasteiger partial charge in [0.2, 0.25) is 0 Å². The Morgan fingerprint density at radius 3 is 2.82 bits per heavy atom. The number of ether oxygens (including phenoxy) is 1. The van der Waals surface area contributed by atoms with E-state index in [0.29, 0.717) is 5.69 Å². The van der Waals surface area contributed by atoms with Gasteiger partial charge in [0, 0.05) is 13.6 Å². The number of carbonyl (C=O) groups excluding carboxylic acids is 1. The lowest BCUT2D eigenvalue weighted by atomic mass is 10.3. The van der Waals surface area contributed by atoms with E-state index in [4.69, 9.17) is 9.84 Å². The largest absolute Gasteiger partial charge is 0.480 e. The molecule has 0 atom stereocenters. The number of hydrogen-bond donors (Lipinski definition) is 2. The predicted octanol–water partition coefficient (Wildman–Crippen LogP) is -0.440. The van der Waals surface area contributed by atoms with Crippen LogP contribution >= 0.6 is 0 Å². The zero-order chi connectivity index (χ0) is 12.8. The van der Waals surface area contributed by atoms with Crippen molar-refractivity contribution in [2.24, 2.45) is 7.05 Å². The highest BCUT2D eigenvalue weighted by Gasteiger charge is 2.10. The van der Waals surface area contributed by atoms with E-state index < -0.39 is 5.97 Å². The summed E-state index contributed by atoms with van der Waals surface area (Å²) in [6, 6.07) is 1.67. The molecule has 1 heterocycles. The summed E-state index contributed by atoms with van der Waals surface area (Å²) >= 11 is 0. The summed E-state index contributed by atoms with van der Waals surface area (Å²) < 4.78 is 6.27. The van der Waals surface area contributed by atoms with E-state index in [2.05, 4.69) is 10.4 Å². The molecular weight excluding hydrogens is 226 g/mol. The lowest BCUT2D eigenvalue weighted by molar-refractivity contribution is -0.142. The fourth-order valence-corrected chi connectivity index (χ4v) is 1.31. The topological polar surface area (TPSA) is 93.5 Å². The molecule has 17 heavy (non-hydrogen) atoms. The molecule has 2 N–H and O–H groups in total. The summed E-state index contributed by atoms with van der Waals surface area (Å²) in [4.78, 5) is 21.8. The second-order valence-corrected chi connectivity index (χ2v) is 3.50. The highest BCUT2D eigenvalue weighted by molar-refractivity contribution is 5.92. The number of nitrogens with one attached hydrogen (secondary N) is 1. The number of amides is 1. The Balaban J connectivity index is 2.30. The Kier molecular flexibility index (Phi) is 4.65. The number of aryl methyl sites for hydroxylation is 2. The van der Waals surface area contributed by atoms with E-state index in [1.165, 1.54) is 4.68 Å². The van der Waals surface area contributed by atoms with Gasteiger partial charge in [0.15, 0.2) is 0 Å². The number of aromatic nitrogens is 2. The van der Waals surface area contributed by atoms with Crippen molar-refractivity contribution in [3.05, 3.63) is 17.5 Å². The minimum atomic E-state index is -1.03. The van der Waals surface area contributed by atoms with Crippen LogP contribution in [-0.2, 0) is 16.6 Å². The number of carboxylic acids is 1. The van der Waals surface area contributed by atoms with E-state index in [1.54, 1.807) is 20.0 Å². The van der Waals surface area contributed by atoms with Crippen molar-refractivity contribution in [2.75, 3.05) is 19.8 Å². The summed E-state index contributed by atoms with van der Waals surface area (Å²) in [7, 11) is 1.68. The molecule has 1 amide bonds. The molecule has 1 aromatic heterocycles. The molecule has 1 rings (SSSR count). The van der Waals surface area contributed by atoms with Crippen LogP contribution in [0.25, 0.3) is 0 Å². The third-order valence-corrected chi connectivity index (χ3v) is 1.99. The van der Waals surface area contributed by atoms with Gasteiger partial charge in [-0.05, 0) is 13.0 Å². The predicted molar refractivity (Wildman–Crippen MR) is 58.7 cm³/mol. The van der Waals surface area contributed by atoms with E-state index in [1.807, 2.05) is 0 Å². The lowest BCUT2D eigenvalue weighted by Gasteiger charge is -2.05. The summed E-state index contributed by atoms with van der Waals surface area (Å²) in [5.41, 5.74) is 1.22. The van der Waals surface area contributed by atoms with Crippen LogP contribution in [-0.4, -0.2) is 46.5 Å². The smallest absolute Gasteiger partial charge is 0.329 e. The maximum Gasteiger partial charge on any atom is 0.329 e. The average Bonchev–Trinajstić information content (AvgIpc) is 2.56. The first-order valence-electron chi connectivity index (χ1n) is 5.09. The number of carbonyl (C=O) groups is 2. The van der Waals surface area contributed by atoms with Crippen molar-refractivity contribution in [3.63, 3.8) is 0 Å². The van der Waals surface area contributed by atoms with Crippen LogP contribution in [0.1, 0.15) is 16.2 Å². The minimum absolute atomic E-state index is 0.162. The number of carboxylic acid groups (broad SMARTS) is 1. The zero-order valence-electron chi connectivity index (χ0n) is 9.77. The lowest BCUT2D eigenvalue weighted by Crippen LogP contribution is -2.29. The van der Waals surface area contributed by atoms with Crippen LogP contribution in [0.5, 0.6) is 0 Å². The molecule has 0 bridgehead atoms. The highest BCUT2D eigenvalue weighted by atomic mass is 16.5. The van der Waals surface area contributed by atoms with E-state index in [0.717, 1.165) is 5.69 Å². The van der Waals surface area contributed by atoms with Crippen molar-refractivity contribution in [1.82, 2.24) is 15.1 Å². The molecule has 0 spiro atoms. The minimum Gasteiger partial charge on any atom is -0.480 e. The second kappa shape index (κ2) is 6.00. The summed E-state index contributed by atoms with van der Waals surface area (Å²) in [5, 5.41) is 15.0. The van der Waals surface area contributed by atoms with Gasteiger partial charge in [0.1, 0.15) is 12.3 Å². The SMILES string of the molecule is Cc1cc(C(=O)NCCOCC(=O)O)n(C)n1. The van der Waals surface area contributed by atoms with Crippen molar-refractivity contribution in [1.29, 1.82) is 0 Å². The summed E-state index contributed by atoms with van der Waals surface area (Å²) in [5.74, 6) is -1.29. The van der Waals surface area contributed by atoms with E-state index in [-0.39, 0.29) is 25.7 Å². The maximum absolute atomic E-state index is 11.6. The van der Waals surface area contributed by atoms with Gasteiger partial charge in [-0.3, -0.25) is 9.48 Å². The number of aliphatic carboxylic acids is 1. The Bertz CT molecular complexity index is 414. The van der Waals surface area contributed by atoms with Crippen LogP contribution in [0.4, 0.5) is 0 Å². The van der Waals surface area contributed by atoms with E-state index >= 15 is 0 Å². The van der Waals surface area contributed by atoms with Crippen LogP contribution in [0.2, 0.25) is 0 Å². The first-order chi connectivity index (χ1) is 8.00. The fraction of sp³-hybridized carbons (Fsp3) is 0.500. The standard InChI is InChI=1S/C10H15N3O4/c1-7-5-8(13(2)12-7)10(16)11-3-4-17-6-9(14)15/h5H,3-4,6H2,1-2H3,(H,11,16)(H,14,15). The third kappa shape index (κ3) is 4.23. The number of hydrogen-bond acceptors (Lipinski definition) is 4. The first-order valence-corrected chi connectivity index (χ1v) is 5.09. The molecule has 0 saturated carbocycles. The first kappa shape index (κ1) is 13.2. The quantitative estimate of drug-likeness (QED) is 0.658. The maximum atomic E-state index is 11.6. The molecule has 0 saturated heterocycles. The summed E-state index contributed by atoms with van der Waals surface area (Å²) in [6.45, 7) is 1.86. The molecular formula is C10H15N3O4. The molecule has 0 aliphatic heterocycles. The number of rotatable bonds is 6. The second-order valence-electron chi connectivity index (χ2n) is 3.50. The molecule has 1 aromatic rings. The third-order valence-electron chi connectivity index (χ3n) is 1.99. The van der Waals surface area contributed by atoms with Gasteiger partial charge in [0.25, 0.3) is 5.91 Å². The molecule has 94 valence electrons. The zero-order valence-corrected chi connectivity index (χ0v) is 9.77. The van der Waals surface area contributed by atoms with Gasteiger partial charge in [-0.15, -0.1) is 0 Å². The molecule has 0 fully saturated rings. The van der Waals surface area contributed by atoms with E-state index in [9.17, 15) is 9.59 Å². The monoisotopic (exact) mass is 241 g/mol. The fourth-order valence-electron chi connectivity index (χ4n) is 1.31. The van der Waals surface area contributed by atoms with Gasteiger partial charge in [0.05, 0.1) is 12.3 Å². The molecule has 0 aliphatic rings. The molecule has 0 aromatic carbocycles. The van der Waals surface area contributed by atoms with Gasteiger partial charge in [-0.1, -0.05) is 0 Å². The normalized spacial score (nSPS) is 10.2. The Hall–Kier alpha value is -1.89. The van der Waals surface area contributed by atoms with Gasteiger partial charge >= 0.3 is 5.97 Å². The van der Waals surface area contributed by atoms with Crippen LogP contribution in [0.3, 0.4) is 0 Å². The van der Waals surface area contributed by atoms with Crippen LogP contribution in [0, 0.1) is 6.92 Å². The van der Waals surface area contributed by atoms with Crippen LogP contribution < -0.4 is 5.32 Å². The average molecular weight is 241 g/mol.